The molecule has 8 aromatic carbocycles. The molecule has 10 rings (SSSR count). The lowest BCUT2D eigenvalue weighted by molar-refractivity contribution is 0.794. The molecule has 0 amide bonds. The highest BCUT2D eigenvalue weighted by molar-refractivity contribution is 6.00. The van der Waals surface area contributed by atoms with Gasteiger partial charge in [0.15, 0.2) is 0 Å². The number of fused-ring (bicyclic) bond motifs is 10. The number of para-hydroxylation sites is 2. The maximum atomic E-state index is 3.86. The molecule has 0 aliphatic heterocycles. The molecule has 0 fully saturated rings. The van der Waals surface area contributed by atoms with E-state index in [1.807, 2.05) is 24.3 Å². The zero-order chi connectivity index (χ0) is 38.2. The largest absolute Gasteiger partial charge is 0.317 e. The van der Waals surface area contributed by atoms with Crippen molar-refractivity contribution < 1.29 is 0 Å². The van der Waals surface area contributed by atoms with Crippen molar-refractivity contribution in [3.05, 3.63) is 260 Å². The molecule has 2 aliphatic rings. The van der Waals surface area contributed by atoms with Crippen LogP contribution in [0, 0.1) is 12.1 Å². The third-order valence-corrected chi connectivity index (χ3v) is 11.4. The molecule has 0 saturated carbocycles. The van der Waals surface area contributed by atoms with Gasteiger partial charge in [0.2, 0.25) is 0 Å². The first-order valence-electron chi connectivity index (χ1n) is 19.4. The molecule has 268 valence electrons. The maximum absolute atomic E-state index is 3.86. The van der Waals surface area contributed by atoms with Crippen LogP contribution in [-0.2, 0) is 5.41 Å². The van der Waals surface area contributed by atoms with Gasteiger partial charge in [0, 0.05) is 34.9 Å². The second-order valence-corrected chi connectivity index (χ2v) is 14.4. The molecule has 1 spiro atoms. The average molecular weight is 727 g/mol. The monoisotopic (exact) mass is 726 g/mol. The van der Waals surface area contributed by atoms with E-state index in [4.69, 9.17) is 0 Å². The third kappa shape index (κ3) is 5.52. The first kappa shape index (κ1) is 33.9. The number of hydrogen-bond donors (Lipinski definition) is 0. The first-order valence-corrected chi connectivity index (χ1v) is 19.4. The van der Waals surface area contributed by atoms with Crippen LogP contribution in [0.1, 0.15) is 22.3 Å². The topological polar surface area (TPSA) is 6.48 Å². The van der Waals surface area contributed by atoms with E-state index in [0.717, 1.165) is 28.4 Å². The molecule has 8 aromatic rings. The van der Waals surface area contributed by atoms with Crippen molar-refractivity contribution in [3.8, 4) is 33.4 Å². The van der Waals surface area contributed by atoms with E-state index < -0.39 is 5.41 Å². The van der Waals surface area contributed by atoms with Crippen molar-refractivity contribution in [2.45, 2.75) is 5.41 Å². The minimum Gasteiger partial charge on any atom is -0.317 e. The Morgan fingerprint density at radius 2 is 1.09 bits per heavy atom. The SMILES string of the molecule is C=C/C=C\C=C/N(c1ccccc1)c1cccc2c1-c1ccccc1C21c2ccccc2-c2ccc(-c3ccc(N(c4cc#ccc4)c4ccccc4)cc3)cc21. The van der Waals surface area contributed by atoms with Crippen molar-refractivity contribution in [1.82, 2.24) is 0 Å². The van der Waals surface area contributed by atoms with Crippen LogP contribution in [0.15, 0.2) is 225 Å². The average Bonchev–Trinajstić information content (AvgIpc) is 3.75. The van der Waals surface area contributed by atoms with E-state index >= 15 is 0 Å². The predicted octanol–water partition coefficient (Wildman–Crippen LogP) is 14.2. The quantitative estimate of drug-likeness (QED) is 0.137. The number of nitrogens with zero attached hydrogens (tertiary/aromatic N) is 2. The molecule has 0 N–H and O–H groups in total. The van der Waals surface area contributed by atoms with Crippen LogP contribution >= 0.6 is 0 Å². The Balaban J connectivity index is 1.15. The van der Waals surface area contributed by atoms with Crippen LogP contribution in [0.5, 0.6) is 0 Å². The summed E-state index contributed by atoms with van der Waals surface area (Å²) in [6.45, 7) is 3.86. The van der Waals surface area contributed by atoms with Crippen molar-refractivity contribution in [2.24, 2.45) is 0 Å². The summed E-state index contributed by atoms with van der Waals surface area (Å²) in [7, 11) is 0. The number of allylic oxidation sites excluding steroid dienone is 4. The lowest BCUT2D eigenvalue weighted by Gasteiger charge is -2.31. The van der Waals surface area contributed by atoms with Crippen molar-refractivity contribution in [3.63, 3.8) is 0 Å². The Hall–Kier alpha value is -7.60. The zero-order valence-corrected chi connectivity index (χ0v) is 31.4. The van der Waals surface area contributed by atoms with Crippen LogP contribution in [0.2, 0.25) is 0 Å². The van der Waals surface area contributed by atoms with E-state index in [1.54, 1.807) is 6.08 Å². The smallest absolute Gasteiger partial charge is 0.0726 e. The fourth-order valence-corrected chi connectivity index (χ4v) is 9.03. The summed E-state index contributed by atoms with van der Waals surface area (Å²) in [6.07, 6.45) is 10.0. The van der Waals surface area contributed by atoms with Crippen molar-refractivity contribution in [2.75, 3.05) is 9.80 Å². The molecule has 0 heterocycles. The molecule has 1 unspecified atom stereocenters. The van der Waals surface area contributed by atoms with Crippen LogP contribution in [0.4, 0.5) is 28.4 Å². The van der Waals surface area contributed by atoms with Gasteiger partial charge in [-0.2, -0.15) is 0 Å². The summed E-state index contributed by atoms with van der Waals surface area (Å²) in [5.41, 5.74) is 17.6. The third-order valence-electron chi connectivity index (χ3n) is 11.4. The molecule has 0 bridgehead atoms. The normalized spacial score (nSPS) is 14.5. The molecule has 0 saturated heterocycles. The lowest BCUT2D eigenvalue weighted by Crippen LogP contribution is -2.26. The van der Waals surface area contributed by atoms with Crippen LogP contribution in [-0.4, -0.2) is 0 Å². The van der Waals surface area contributed by atoms with Gasteiger partial charge in [0.1, 0.15) is 0 Å². The van der Waals surface area contributed by atoms with Crippen molar-refractivity contribution >= 4 is 28.4 Å². The molecule has 57 heavy (non-hydrogen) atoms. The van der Waals surface area contributed by atoms with Gasteiger partial charge >= 0.3 is 0 Å². The molecule has 2 aliphatic carbocycles. The second kappa shape index (κ2) is 14.2. The minimum absolute atomic E-state index is 0.496. The van der Waals surface area contributed by atoms with Crippen LogP contribution < -0.4 is 9.80 Å². The first-order chi connectivity index (χ1) is 28.3. The number of hydrogen-bond acceptors (Lipinski definition) is 2. The fraction of sp³-hybridized carbons (Fsp3) is 0.0182. The Bertz CT molecular complexity index is 2760. The second-order valence-electron chi connectivity index (χ2n) is 14.4. The van der Waals surface area contributed by atoms with Gasteiger partial charge in [-0.15, -0.1) is 0 Å². The molecule has 2 nitrogen and oxygen atoms in total. The highest BCUT2D eigenvalue weighted by Crippen LogP contribution is 2.64. The van der Waals surface area contributed by atoms with Gasteiger partial charge < -0.3 is 9.80 Å². The van der Waals surface area contributed by atoms with Gasteiger partial charge in [0.05, 0.1) is 16.8 Å². The van der Waals surface area contributed by atoms with Gasteiger partial charge in [-0.05, 0) is 117 Å². The fourth-order valence-electron chi connectivity index (χ4n) is 9.03. The molecular formula is C55H38N2. The summed E-state index contributed by atoms with van der Waals surface area (Å²) in [5, 5.41) is 0. The number of anilines is 5. The van der Waals surface area contributed by atoms with Crippen molar-refractivity contribution in [1.29, 1.82) is 0 Å². The molecular weight excluding hydrogens is 689 g/mol. The molecule has 0 radical (unpaired) electrons. The predicted molar refractivity (Wildman–Crippen MR) is 238 cm³/mol. The van der Waals surface area contributed by atoms with E-state index in [9.17, 15) is 0 Å². The van der Waals surface area contributed by atoms with E-state index in [-0.39, 0.29) is 0 Å². The van der Waals surface area contributed by atoms with E-state index in [1.165, 1.54) is 55.6 Å². The lowest BCUT2D eigenvalue weighted by atomic mass is 9.70. The standard InChI is InChI=1S/C55H38N2/c1-2-3-4-18-38-56(42-20-8-5-9-21-42)53-31-19-30-51-54(53)48-27-15-17-29-50(48)55(51)49-28-16-14-26-46(49)47-37-34-41(39-52(47)55)40-32-35-45(36-33-40)57(43-22-10-6-11-23-43)44-24-12-7-13-25-44/h2-6,8-12,14-39H,1H2/b4-3-,38-18-. The zero-order valence-electron chi connectivity index (χ0n) is 31.4. The Morgan fingerprint density at radius 1 is 0.456 bits per heavy atom. The Morgan fingerprint density at radius 3 is 1.82 bits per heavy atom. The van der Waals surface area contributed by atoms with Crippen LogP contribution in [0.3, 0.4) is 0 Å². The molecule has 1 atom stereocenters. The van der Waals surface area contributed by atoms with Gasteiger partial charge in [-0.3, -0.25) is 0 Å². The van der Waals surface area contributed by atoms with Gasteiger partial charge in [0.25, 0.3) is 0 Å². The highest BCUT2D eigenvalue weighted by Gasteiger charge is 2.52. The Kier molecular flexibility index (Phi) is 8.47. The molecule has 2 heteroatoms. The summed E-state index contributed by atoms with van der Waals surface area (Å²) in [5.74, 6) is 0. The molecule has 0 aromatic heterocycles. The van der Waals surface area contributed by atoms with Gasteiger partial charge in [-0.1, -0.05) is 158 Å². The summed E-state index contributed by atoms with van der Waals surface area (Å²) in [4.78, 5) is 4.57. The minimum atomic E-state index is -0.496. The van der Waals surface area contributed by atoms with Crippen LogP contribution in [0.25, 0.3) is 33.4 Å². The van der Waals surface area contributed by atoms with E-state index in [2.05, 4.69) is 217 Å². The van der Waals surface area contributed by atoms with Gasteiger partial charge in [-0.25, -0.2) is 0 Å². The maximum Gasteiger partial charge on any atom is 0.0726 e. The summed E-state index contributed by atoms with van der Waals surface area (Å²) in [6, 6.07) is 74.2. The number of rotatable bonds is 9. The summed E-state index contributed by atoms with van der Waals surface area (Å²) < 4.78 is 0. The number of benzene rings is 7. The summed E-state index contributed by atoms with van der Waals surface area (Å²) >= 11 is 0. The van der Waals surface area contributed by atoms with E-state index in [0.29, 0.717) is 0 Å². The highest BCUT2D eigenvalue weighted by atomic mass is 15.1. The Labute approximate surface area is 335 Å².